The Hall–Kier alpha value is -1.34. The van der Waals surface area contributed by atoms with E-state index in [1.807, 2.05) is 6.07 Å². The average molecular weight is 405 g/mol. The molecule has 1 aromatic rings. The van der Waals surface area contributed by atoms with Gasteiger partial charge in [-0.2, -0.15) is 0 Å². The Morgan fingerprint density at radius 3 is 1.83 bits per heavy atom. The zero-order chi connectivity index (χ0) is 20.6. The number of ether oxygens (including phenoxy) is 1. The molecular formula is C23H40N4O2. The molecule has 0 unspecified atom stereocenters. The number of phenols is 1. The molecule has 0 spiro atoms. The molecule has 2 aliphatic rings. The summed E-state index contributed by atoms with van der Waals surface area (Å²) in [5.74, 6) is 0.949. The lowest BCUT2D eigenvalue weighted by Crippen LogP contribution is -2.44. The molecule has 164 valence electrons. The van der Waals surface area contributed by atoms with Crippen LogP contribution < -0.4 is 4.74 Å². The first-order valence-corrected chi connectivity index (χ1v) is 11.3. The molecule has 2 aliphatic heterocycles. The summed E-state index contributed by atoms with van der Waals surface area (Å²) in [5, 5.41) is 10.5. The molecule has 29 heavy (non-hydrogen) atoms. The van der Waals surface area contributed by atoms with Crippen molar-refractivity contribution < 1.29 is 9.84 Å². The van der Waals surface area contributed by atoms with Gasteiger partial charge in [0.15, 0.2) is 11.5 Å². The van der Waals surface area contributed by atoms with Gasteiger partial charge in [0.2, 0.25) is 0 Å². The van der Waals surface area contributed by atoms with Gasteiger partial charge >= 0.3 is 0 Å². The Bertz CT molecular complexity index is 624. The molecule has 2 fully saturated rings. The van der Waals surface area contributed by atoms with Crippen LogP contribution in [0.3, 0.4) is 0 Å². The van der Waals surface area contributed by atoms with Gasteiger partial charge in [-0.05, 0) is 70.1 Å². The Balaban J connectivity index is 1.49. The van der Waals surface area contributed by atoms with Crippen molar-refractivity contribution >= 4 is 0 Å². The van der Waals surface area contributed by atoms with E-state index in [9.17, 15) is 5.11 Å². The van der Waals surface area contributed by atoms with Crippen LogP contribution in [0.25, 0.3) is 0 Å². The molecule has 0 bridgehead atoms. The van der Waals surface area contributed by atoms with Gasteiger partial charge in [0.05, 0.1) is 7.11 Å². The third-order valence-electron chi connectivity index (χ3n) is 6.46. The van der Waals surface area contributed by atoms with Crippen LogP contribution in [-0.4, -0.2) is 111 Å². The van der Waals surface area contributed by atoms with Crippen LogP contribution in [0.2, 0.25) is 0 Å². The highest BCUT2D eigenvalue weighted by Crippen LogP contribution is 2.33. The summed E-state index contributed by atoms with van der Waals surface area (Å²) in [4.78, 5) is 9.89. The Labute approximate surface area is 177 Å². The molecule has 0 radical (unpaired) electrons. The molecule has 1 aromatic carbocycles. The number of aryl methyl sites for hydroxylation is 2. The molecule has 0 saturated carbocycles. The summed E-state index contributed by atoms with van der Waals surface area (Å²) in [5.41, 5.74) is 2.38. The third kappa shape index (κ3) is 6.85. The molecule has 2 saturated heterocycles. The van der Waals surface area contributed by atoms with Gasteiger partial charge in [0.25, 0.3) is 0 Å². The number of piperazine rings is 2. The fraction of sp³-hybridized carbons (Fsp3) is 0.739. The van der Waals surface area contributed by atoms with Crippen molar-refractivity contribution in [3.05, 3.63) is 23.3 Å². The van der Waals surface area contributed by atoms with Crippen LogP contribution >= 0.6 is 0 Å². The lowest BCUT2D eigenvalue weighted by atomic mass is 10.0. The van der Waals surface area contributed by atoms with E-state index in [1.165, 1.54) is 31.7 Å². The molecule has 3 rings (SSSR count). The van der Waals surface area contributed by atoms with Crippen molar-refractivity contribution in [1.82, 2.24) is 19.6 Å². The van der Waals surface area contributed by atoms with Gasteiger partial charge in [0, 0.05) is 52.4 Å². The second-order valence-corrected chi connectivity index (χ2v) is 8.80. The number of phenolic OH excluding ortho intramolecular Hbond substituents is 1. The first kappa shape index (κ1) is 22.3. The fourth-order valence-corrected chi connectivity index (χ4v) is 4.45. The topological polar surface area (TPSA) is 42.4 Å². The van der Waals surface area contributed by atoms with Crippen molar-refractivity contribution in [2.75, 3.05) is 86.7 Å². The van der Waals surface area contributed by atoms with Crippen molar-refractivity contribution in [3.63, 3.8) is 0 Å². The normalized spacial score (nSPS) is 20.2. The van der Waals surface area contributed by atoms with Crippen LogP contribution in [0.5, 0.6) is 11.5 Å². The van der Waals surface area contributed by atoms with E-state index < -0.39 is 0 Å². The Morgan fingerprint density at radius 2 is 1.31 bits per heavy atom. The third-order valence-corrected chi connectivity index (χ3v) is 6.46. The van der Waals surface area contributed by atoms with Crippen molar-refractivity contribution in [2.45, 2.75) is 25.7 Å². The number of rotatable bonds is 9. The molecule has 0 atom stereocenters. The highest BCUT2D eigenvalue weighted by atomic mass is 16.5. The minimum Gasteiger partial charge on any atom is -0.504 e. The van der Waals surface area contributed by atoms with E-state index in [4.69, 9.17) is 4.74 Å². The van der Waals surface area contributed by atoms with Gasteiger partial charge < -0.3 is 29.4 Å². The van der Waals surface area contributed by atoms with Gasteiger partial charge in [-0.1, -0.05) is 6.07 Å². The van der Waals surface area contributed by atoms with Crippen LogP contribution in [-0.2, 0) is 12.8 Å². The average Bonchev–Trinajstić information content (AvgIpc) is 2.71. The number of methoxy groups -OCH3 is 1. The monoisotopic (exact) mass is 404 g/mol. The van der Waals surface area contributed by atoms with Gasteiger partial charge in [-0.3, -0.25) is 0 Å². The van der Waals surface area contributed by atoms with E-state index in [0.717, 1.165) is 70.5 Å². The number of nitrogens with zero attached hydrogens (tertiary/aromatic N) is 4. The fourth-order valence-electron chi connectivity index (χ4n) is 4.45. The highest BCUT2D eigenvalue weighted by Gasteiger charge is 2.16. The minimum atomic E-state index is 0.291. The standard InChI is InChI=1S/C23H40N4O2/c1-24-10-14-26(15-11-24)8-4-6-20-18-21(23(29-3)22(28)19-20)7-5-9-27-16-12-25(2)13-17-27/h18-19,28H,4-17H2,1-3H3. The van der Waals surface area contributed by atoms with Gasteiger partial charge in [-0.25, -0.2) is 0 Å². The Kier molecular flexibility index (Phi) is 8.60. The second kappa shape index (κ2) is 11.2. The van der Waals surface area contributed by atoms with Gasteiger partial charge in [0.1, 0.15) is 0 Å². The molecule has 1 N–H and O–H groups in total. The lowest BCUT2D eigenvalue weighted by molar-refractivity contribution is 0.153. The highest BCUT2D eigenvalue weighted by molar-refractivity contribution is 5.48. The summed E-state index contributed by atoms with van der Waals surface area (Å²) < 4.78 is 5.51. The predicted octanol–water partition coefficient (Wildman–Crippen LogP) is 1.76. The van der Waals surface area contributed by atoms with Crippen molar-refractivity contribution in [3.8, 4) is 11.5 Å². The molecule has 6 heteroatoms. The van der Waals surface area contributed by atoms with E-state index >= 15 is 0 Å². The lowest BCUT2D eigenvalue weighted by Gasteiger charge is -2.32. The van der Waals surface area contributed by atoms with E-state index in [-0.39, 0.29) is 0 Å². The number of likely N-dealkylation sites (N-methyl/N-ethyl adjacent to an activating group) is 2. The van der Waals surface area contributed by atoms with E-state index in [1.54, 1.807) is 7.11 Å². The Morgan fingerprint density at radius 1 is 0.793 bits per heavy atom. The summed E-state index contributed by atoms with van der Waals surface area (Å²) in [7, 11) is 6.05. The molecular weight excluding hydrogens is 364 g/mol. The van der Waals surface area contributed by atoms with E-state index in [2.05, 4.69) is 39.8 Å². The maximum absolute atomic E-state index is 10.5. The van der Waals surface area contributed by atoms with Crippen LogP contribution in [0.1, 0.15) is 24.0 Å². The summed E-state index contributed by atoms with van der Waals surface area (Å²) in [6.45, 7) is 11.6. The number of aromatic hydroxyl groups is 1. The van der Waals surface area contributed by atoms with Gasteiger partial charge in [-0.15, -0.1) is 0 Å². The molecule has 6 nitrogen and oxygen atoms in total. The summed E-state index contributed by atoms with van der Waals surface area (Å²) in [6, 6.07) is 4.15. The molecule has 2 heterocycles. The van der Waals surface area contributed by atoms with Crippen LogP contribution in [0.4, 0.5) is 0 Å². The largest absolute Gasteiger partial charge is 0.504 e. The zero-order valence-electron chi connectivity index (χ0n) is 18.7. The van der Waals surface area contributed by atoms with E-state index in [0.29, 0.717) is 11.5 Å². The minimum absolute atomic E-state index is 0.291. The SMILES string of the molecule is COc1c(O)cc(CCCN2CCN(C)CC2)cc1CCCN1CCN(C)CC1. The maximum atomic E-state index is 10.5. The number of hydrogen-bond acceptors (Lipinski definition) is 6. The zero-order valence-corrected chi connectivity index (χ0v) is 18.7. The molecule has 0 aliphatic carbocycles. The van der Waals surface area contributed by atoms with Crippen LogP contribution in [0.15, 0.2) is 12.1 Å². The van der Waals surface area contributed by atoms with Crippen molar-refractivity contribution in [1.29, 1.82) is 0 Å². The smallest absolute Gasteiger partial charge is 0.163 e. The van der Waals surface area contributed by atoms with Crippen LogP contribution in [0, 0.1) is 0 Å². The molecule has 0 aromatic heterocycles. The first-order chi connectivity index (χ1) is 14.0. The quantitative estimate of drug-likeness (QED) is 0.677. The number of hydrogen-bond donors (Lipinski definition) is 1. The summed E-state index contributed by atoms with van der Waals surface area (Å²) in [6.07, 6.45) is 4.20. The first-order valence-electron chi connectivity index (χ1n) is 11.3. The predicted molar refractivity (Wildman–Crippen MR) is 119 cm³/mol. The number of benzene rings is 1. The second-order valence-electron chi connectivity index (χ2n) is 8.80. The maximum Gasteiger partial charge on any atom is 0.163 e. The molecule has 0 amide bonds. The summed E-state index contributed by atoms with van der Waals surface area (Å²) >= 11 is 0. The van der Waals surface area contributed by atoms with Crippen molar-refractivity contribution in [2.24, 2.45) is 0 Å².